The molecule has 0 fully saturated rings. The van der Waals surface area contributed by atoms with E-state index >= 15 is 0 Å². The minimum absolute atomic E-state index is 0.0820. The van der Waals surface area contributed by atoms with Gasteiger partial charge in [-0.1, -0.05) is 86.6 Å². The Balaban J connectivity index is 1.40. The van der Waals surface area contributed by atoms with Gasteiger partial charge in [-0.3, -0.25) is 14.4 Å². The smallest absolute Gasteiger partial charge is 0.312 e. The van der Waals surface area contributed by atoms with Crippen molar-refractivity contribution in [3.05, 3.63) is 95.1 Å². The number of benzene rings is 3. The summed E-state index contributed by atoms with van der Waals surface area (Å²) in [6.07, 6.45) is 0.669. The van der Waals surface area contributed by atoms with Crippen molar-refractivity contribution in [3.8, 4) is 11.1 Å². The molecule has 2 atom stereocenters. The fourth-order valence-corrected chi connectivity index (χ4v) is 5.68. The van der Waals surface area contributed by atoms with Crippen LogP contribution in [-0.4, -0.2) is 48.0 Å². The van der Waals surface area contributed by atoms with E-state index in [1.165, 1.54) is 0 Å². The third-order valence-electron chi connectivity index (χ3n) is 8.16. The van der Waals surface area contributed by atoms with Gasteiger partial charge in [0.25, 0.3) is 0 Å². The van der Waals surface area contributed by atoms with E-state index < -0.39 is 29.9 Å². The van der Waals surface area contributed by atoms with E-state index in [0.29, 0.717) is 6.42 Å². The SMILES string of the molecule is CC(C)[C@H](CC(=O)OCC1c2ccccc2-c2ccccc21)C(=O)N[C@@H](CCCNC(N)=O)C(=O)Cc1ccc(CO)cc1. The van der Waals surface area contributed by atoms with Gasteiger partial charge in [0.05, 0.1) is 25.0 Å². The Hall–Kier alpha value is -4.50. The fourth-order valence-electron chi connectivity index (χ4n) is 5.68. The lowest BCUT2D eigenvalue weighted by Gasteiger charge is -2.24. The largest absolute Gasteiger partial charge is 0.465 e. The van der Waals surface area contributed by atoms with E-state index in [-0.39, 0.29) is 56.6 Å². The van der Waals surface area contributed by atoms with Gasteiger partial charge in [0.15, 0.2) is 5.78 Å². The minimum atomic E-state index is -0.821. The molecule has 1 aliphatic carbocycles. The molecule has 0 heterocycles. The summed E-state index contributed by atoms with van der Waals surface area (Å²) in [7, 11) is 0. The molecule has 232 valence electrons. The Kier molecular flexibility index (Phi) is 11.3. The number of aliphatic hydroxyl groups is 1. The van der Waals surface area contributed by atoms with Crippen LogP contribution in [0.2, 0.25) is 0 Å². The van der Waals surface area contributed by atoms with Crippen molar-refractivity contribution in [2.24, 2.45) is 17.6 Å². The maximum Gasteiger partial charge on any atom is 0.312 e. The van der Waals surface area contributed by atoms with Crippen molar-refractivity contribution < 1.29 is 29.0 Å². The summed E-state index contributed by atoms with van der Waals surface area (Å²) < 4.78 is 5.77. The zero-order valence-corrected chi connectivity index (χ0v) is 25.3. The summed E-state index contributed by atoms with van der Waals surface area (Å²) in [5.41, 5.74) is 11.1. The van der Waals surface area contributed by atoms with Crippen molar-refractivity contribution in [1.29, 1.82) is 0 Å². The number of aliphatic hydroxyl groups excluding tert-OH is 1. The number of ketones is 1. The highest BCUT2D eigenvalue weighted by Gasteiger charge is 2.32. The molecule has 0 aromatic heterocycles. The number of ether oxygens (including phenoxy) is 1. The zero-order chi connectivity index (χ0) is 31.6. The monoisotopic (exact) mass is 599 g/mol. The molecule has 9 nitrogen and oxygen atoms in total. The molecule has 0 aliphatic heterocycles. The number of rotatable bonds is 15. The van der Waals surface area contributed by atoms with Crippen LogP contribution in [0.1, 0.15) is 61.3 Å². The number of carbonyl (C=O) groups is 4. The Morgan fingerprint density at radius 3 is 2.05 bits per heavy atom. The fraction of sp³-hybridized carbons (Fsp3) is 0.371. The standard InChI is InChI=1S/C35H41N3O6/c1-22(2)29(19-33(41)44-21-30-27-10-5-3-8-25(27)26-9-4-6-11-28(26)30)34(42)38-31(12-7-17-37-35(36)43)32(40)18-23-13-15-24(20-39)16-14-23/h3-6,8-11,13-16,22,29-31,39H,7,12,17-21H2,1-2H3,(H,38,42)(H3,36,37,43)/t29-,31-/m0/s1. The molecule has 5 N–H and O–H groups in total. The molecule has 0 unspecified atom stereocenters. The van der Waals surface area contributed by atoms with Gasteiger partial charge in [0.2, 0.25) is 5.91 Å². The molecule has 9 heteroatoms. The Morgan fingerprint density at radius 2 is 1.48 bits per heavy atom. The molecule has 1 aliphatic rings. The molecule has 0 saturated carbocycles. The van der Waals surface area contributed by atoms with Gasteiger partial charge in [-0.2, -0.15) is 0 Å². The highest BCUT2D eigenvalue weighted by atomic mass is 16.5. The predicted molar refractivity (Wildman–Crippen MR) is 167 cm³/mol. The molecule has 44 heavy (non-hydrogen) atoms. The maximum absolute atomic E-state index is 13.5. The second-order valence-corrected chi connectivity index (χ2v) is 11.6. The zero-order valence-electron chi connectivity index (χ0n) is 25.3. The minimum Gasteiger partial charge on any atom is -0.465 e. The Labute approximate surface area is 258 Å². The number of amides is 3. The topological polar surface area (TPSA) is 148 Å². The van der Waals surface area contributed by atoms with Crippen LogP contribution in [0, 0.1) is 11.8 Å². The molecule has 3 aromatic rings. The summed E-state index contributed by atoms with van der Waals surface area (Å²) in [6, 6.07) is 21.7. The molecule has 0 spiro atoms. The van der Waals surface area contributed by atoms with Crippen LogP contribution >= 0.6 is 0 Å². The van der Waals surface area contributed by atoms with Gasteiger partial charge in [-0.15, -0.1) is 0 Å². The summed E-state index contributed by atoms with van der Waals surface area (Å²) in [5, 5.41) is 14.7. The number of hydrogen-bond donors (Lipinski definition) is 4. The Bertz CT molecular complexity index is 1420. The number of nitrogens with one attached hydrogen (secondary N) is 2. The van der Waals surface area contributed by atoms with Gasteiger partial charge in [0.1, 0.15) is 6.61 Å². The van der Waals surface area contributed by atoms with E-state index in [1.807, 2.05) is 38.1 Å². The van der Waals surface area contributed by atoms with Crippen LogP contribution in [0.5, 0.6) is 0 Å². The first-order valence-corrected chi connectivity index (χ1v) is 15.1. The highest BCUT2D eigenvalue weighted by Crippen LogP contribution is 2.44. The lowest BCUT2D eigenvalue weighted by molar-refractivity contribution is -0.148. The van der Waals surface area contributed by atoms with Crippen LogP contribution in [0.15, 0.2) is 72.8 Å². The summed E-state index contributed by atoms with van der Waals surface area (Å²) >= 11 is 0. The lowest BCUT2D eigenvalue weighted by atomic mass is 9.90. The number of fused-ring (bicyclic) bond motifs is 3. The molecule has 0 radical (unpaired) electrons. The highest BCUT2D eigenvalue weighted by molar-refractivity contribution is 5.92. The number of primary amides is 1. The van der Waals surface area contributed by atoms with Gasteiger partial charge < -0.3 is 26.2 Å². The number of Topliss-reactive ketones (excluding diaryl/α,β-unsaturated/α-hetero) is 1. The second-order valence-electron chi connectivity index (χ2n) is 11.6. The van der Waals surface area contributed by atoms with E-state index in [2.05, 4.69) is 34.9 Å². The molecule has 3 aromatic carbocycles. The number of urea groups is 1. The van der Waals surface area contributed by atoms with Crippen molar-refractivity contribution >= 4 is 23.7 Å². The summed E-state index contributed by atoms with van der Waals surface area (Å²) in [5.74, 6) is -2.04. The molecule has 0 bridgehead atoms. The van der Waals surface area contributed by atoms with Gasteiger partial charge in [-0.25, -0.2) is 4.79 Å². The lowest BCUT2D eigenvalue weighted by Crippen LogP contribution is -2.46. The average molecular weight is 600 g/mol. The number of carbonyl (C=O) groups excluding carboxylic acids is 4. The van der Waals surface area contributed by atoms with Gasteiger partial charge >= 0.3 is 12.0 Å². The van der Waals surface area contributed by atoms with E-state index in [4.69, 9.17) is 10.5 Å². The first-order chi connectivity index (χ1) is 21.2. The average Bonchev–Trinajstić information content (AvgIpc) is 3.33. The van der Waals surface area contributed by atoms with E-state index in [9.17, 15) is 24.3 Å². The molecule has 0 saturated heterocycles. The van der Waals surface area contributed by atoms with Gasteiger partial charge in [0, 0.05) is 18.9 Å². The number of hydrogen-bond acceptors (Lipinski definition) is 6. The Morgan fingerprint density at radius 1 is 0.886 bits per heavy atom. The van der Waals surface area contributed by atoms with Crippen molar-refractivity contribution in [1.82, 2.24) is 10.6 Å². The van der Waals surface area contributed by atoms with Crippen LogP contribution in [0.4, 0.5) is 4.79 Å². The molecular formula is C35H41N3O6. The predicted octanol–water partition coefficient (Wildman–Crippen LogP) is 4.24. The molecule has 3 amide bonds. The van der Waals surface area contributed by atoms with Crippen molar-refractivity contribution in [2.45, 2.75) is 58.1 Å². The molecular weight excluding hydrogens is 558 g/mol. The maximum atomic E-state index is 13.5. The number of nitrogens with two attached hydrogens (primary N) is 1. The van der Waals surface area contributed by atoms with Crippen molar-refractivity contribution in [3.63, 3.8) is 0 Å². The quantitative estimate of drug-likeness (QED) is 0.152. The molecule has 4 rings (SSSR count). The van der Waals surface area contributed by atoms with Crippen LogP contribution in [0.25, 0.3) is 11.1 Å². The third kappa shape index (κ3) is 8.32. The third-order valence-corrected chi connectivity index (χ3v) is 8.16. The van der Waals surface area contributed by atoms with Crippen LogP contribution < -0.4 is 16.4 Å². The van der Waals surface area contributed by atoms with E-state index in [1.54, 1.807) is 24.3 Å². The summed E-state index contributed by atoms with van der Waals surface area (Å²) in [4.78, 5) is 51.0. The normalized spacial score (nSPS) is 13.5. The second kappa shape index (κ2) is 15.3. The van der Waals surface area contributed by atoms with Crippen LogP contribution in [-0.2, 0) is 32.1 Å². The first-order valence-electron chi connectivity index (χ1n) is 15.1. The summed E-state index contributed by atoms with van der Waals surface area (Å²) in [6.45, 7) is 4.05. The van der Waals surface area contributed by atoms with Crippen molar-refractivity contribution in [2.75, 3.05) is 13.2 Å². The number of esters is 1. The van der Waals surface area contributed by atoms with Crippen LogP contribution in [0.3, 0.4) is 0 Å². The van der Waals surface area contributed by atoms with E-state index in [0.717, 1.165) is 33.4 Å². The van der Waals surface area contributed by atoms with Gasteiger partial charge in [-0.05, 0) is 52.1 Å². The first kappa shape index (κ1) is 32.4.